The van der Waals surface area contributed by atoms with E-state index in [1.165, 1.54) is 12.1 Å². The van der Waals surface area contributed by atoms with Crippen molar-refractivity contribution in [2.24, 2.45) is 11.7 Å². The zero-order valence-electron chi connectivity index (χ0n) is 10.5. The Hall–Kier alpha value is -0.740. The Morgan fingerprint density at radius 3 is 2.58 bits per heavy atom. The smallest absolute Gasteiger partial charge is 0.248 e. The lowest BCUT2D eigenvalue weighted by molar-refractivity contribution is -0.0481. The van der Waals surface area contributed by atoms with Crippen LogP contribution in [0.1, 0.15) is 31.2 Å². The van der Waals surface area contributed by atoms with Crippen LogP contribution < -0.4 is 5.73 Å². The van der Waals surface area contributed by atoms with E-state index in [1.807, 2.05) is 0 Å². The zero-order valence-corrected chi connectivity index (χ0v) is 11.3. The molecule has 0 aromatic heterocycles. The topological polar surface area (TPSA) is 26.0 Å². The minimum atomic E-state index is -2.56. The molecule has 1 nitrogen and oxygen atoms in total. The third-order valence-electron chi connectivity index (χ3n) is 3.83. The zero-order chi connectivity index (χ0) is 14.0. The van der Waals surface area contributed by atoms with Gasteiger partial charge in [0.2, 0.25) is 5.92 Å². The van der Waals surface area contributed by atoms with Crippen molar-refractivity contribution in [3.63, 3.8) is 0 Å². The Kier molecular flexibility index (Phi) is 4.41. The summed E-state index contributed by atoms with van der Waals surface area (Å²) in [5, 5.41) is 0.457. The summed E-state index contributed by atoms with van der Waals surface area (Å²) in [4.78, 5) is 0. The molecular weight excluding hydrogens is 275 g/mol. The van der Waals surface area contributed by atoms with Gasteiger partial charge in [-0.05, 0) is 48.9 Å². The predicted molar refractivity (Wildman–Crippen MR) is 70.0 cm³/mol. The Balaban J connectivity index is 1.98. The summed E-state index contributed by atoms with van der Waals surface area (Å²) in [6.07, 6.45) is 0.891. The van der Waals surface area contributed by atoms with Crippen molar-refractivity contribution >= 4 is 11.6 Å². The van der Waals surface area contributed by atoms with Crippen LogP contribution in [0.3, 0.4) is 0 Å². The molecule has 2 N–H and O–H groups in total. The second-order valence-electron chi connectivity index (χ2n) is 5.30. The molecule has 2 rings (SSSR count). The molecule has 1 aliphatic rings. The van der Waals surface area contributed by atoms with E-state index in [9.17, 15) is 13.2 Å². The molecule has 0 bridgehead atoms. The molecule has 1 saturated carbocycles. The quantitative estimate of drug-likeness (QED) is 0.888. The van der Waals surface area contributed by atoms with Crippen LogP contribution in [0, 0.1) is 11.7 Å². The molecule has 0 radical (unpaired) electrons. The van der Waals surface area contributed by atoms with Gasteiger partial charge < -0.3 is 5.73 Å². The van der Waals surface area contributed by atoms with E-state index < -0.39 is 5.92 Å². The highest BCUT2D eigenvalue weighted by Crippen LogP contribution is 2.37. The summed E-state index contributed by atoms with van der Waals surface area (Å²) in [5.41, 5.74) is 6.49. The van der Waals surface area contributed by atoms with Crippen LogP contribution in [0.25, 0.3) is 0 Å². The average molecular weight is 292 g/mol. The monoisotopic (exact) mass is 291 g/mol. The maximum atomic E-state index is 13.6. The van der Waals surface area contributed by atoms with E-state index in [0.29, 0.717) is 29.8 Å². The first-order valence-corrected chi connectivity index (χ1v) is 6.82. The Labute approximate surface area is 115 Å². The maximum absolute atomic E-state index is 13.6. The summed E-state index contributed by atoms with van der Waals surface area (Å²) < 4.78 is 39.7. The molecule has 0 amide bonds. The molecule has 0 heterocycles. The lowest BCUT2D eigenvalue weighted by atomic mass is 9.80. The fourth-order valence-corrected chi connectivity index (χ4v) is 2.81. The van der Waals surface area contributed by atoms with Crippen molar-refractivity contribution < 1.29 is 13.2 Å². The van der Waals surface area contributed by atoms with E-state index in [0.717, 1.165) is 0 Å². The van der Waals surface area contributed by atoms with Gasteiger partial charge in [-0.2, -0.15) is 0 Å². The third kappa shape index (κ3) is 3.86. The van der Waals surface area contributed by atoms with Crippen LogP contribution in [0.15, 0.2) is 18.2 Å². The number of alkyl halides is 2. The highest BCUT2D eigenvalue weighted by atomic mass is 35.5. The first-order chi connectivity index (χ1) is 8.87. The van der Waals surface area contributed by atoms with Gasteiger partial charge in [0.15, 0.2) is 0 Å². The molecule has 0 aliphatic heterocycles. The van der Waals surface area contributed by atoms with Gasteiger partial charge >= 0.3 is 0 Å². The Morgan fingerprint density at radius 2 is 1.95 bits per heavy atom. The molecule has 1 fully saturated rings. The van der Waals surface area contributed by atoms with E-state index in [1.54, 1.807) is 6.07 Å². The van der Waals surface area contributed by atoms with Gasteiger partial charge in [0.05, 0.1) is 0 Å². The summed E-state index contributed by atoms with van der Waals surface area (Å²) in [7, 11) is 0. The lowest BCUT2D eigenvalue weighted by Gasteiger charge is -2.32. The van der Waals surface area contributed by atoms with Gasteiger partial charge in [0.1, 0.15) is 5.82 Å². The average Bonchev–Trinajstić information content (AvgIpc) is 2.33. The molecule has 1 aromatic carbocycles. The van der Waals surface area contributed by atoms with Gasteiger partial charge in [-0.25, -0.2) is 13.2 Å². The van der Waals surface area contributed by atoms with Crippen LogP contribution in [-0.4, -0.2) is 12.0 Å². The van der Waals surface area contributed by atoms with Gasteiger partial charge in [-0.1, -0.05) is 11.6 Å². The van der Waals surface area contributed by atoms with Crippen molar-refractivity contribution in [1.29, 1.82) is 0 Å². The molecule has 1 atom stereocenters. The lowest BCUT2D eigenvalue weighted by Crippen LogP contribution is -2.37. The number of hydrogen-bond acceptors (Lipinski definition) is 1. The third-order valence-corrected chi connectivity index (χ3v) is 4.07. The Morgan fingerprint density at radius 1 is 1.32 bits per heavy atom. The van der Waals surface area contributed by atoms with Gasteiger partial charge in [-0.15, -0.1) is 0 Å². The number of benzene rings is 1. The molecular formula is C14H17ClF3N. The fourth-order valence-electron chi connectivity index (χ4n) is 2.61. The van der Waals surface area contributed by atoms with E-state index in [4.69, 9.17) is 17.3 Å². The highest BCUT2D eigenvalue weighted by molar-refractivity contribution is 6.30. The molecule has 106 valence electrons. The summed E-state index contributed by atoms with van der Waals surface area (Å²) in [5.74, 6) is -2.88. The molecule has 5 heteroatoms. The van der Waals surface area contributed by atoms with Crippen molar-refractivity contribution in [2.45, 2.75) is 44.1 Å². The predicted octanol–water partition coefficient (Wildman–Crippen LogP) is 4.17. The summed E-state index contributed by atoms with van der Waals surface area (Å²) in [6, 6.07) is 4.03. The van der Waals surface area contributed by atoms with Crippen LogP contribution in [0.4, 0.5) is 13.2 Å². The SMILES string of the molecule is NC(Cc1cc(Cl)ccc1F)C1CCC(F)(F)CC1. The largest absolute Gasteiger partial charge is 0.327 e. The Bertz CT molecular complexity index is 440. The van der Waals surface area contributed by atoms with E-state index >= 15 is 0 Å². The minimum absolute atomic E-state index is 0.0259. The second-order valence-corrected chi connectivity index (χ2v) is 5.73. The second kappa shape index (κ2) is 5.71. The minimum Gasteiger partial charge on any atom is -0.327 e. The molecule has 1 unspecified atom stereocenters. The van der Waals surface area contributed by atoms with E-state index in [-0.39, 0.29) is 30.6 Å². The van der Waals surface area contributed by atoms with Gasteiger partial charge in [0.25, 0.3) is 0 Å². The molecule has 19 heavy (non-hydrogen) atoms. The molecule has 0 saturated heterocycles. The summed E-state index contributed by atoms with van der Waals surface area (Å²) >= 11 is 5.82. The van der Waals surface area contributed by atoms with Crippen LogP contribution in [-0.2, 0) is 6.42 Å². The van der Waals surface area contributed by atoms with Crippen LogP contribution in [0.5, 0.6) is 0 Å². The van der Waals surface area contributed by atoms with Crippen molar-refractivity contribution in [2.75, 3.05) is 0 Å². The number of nitrogens with two attached hydrogens (primary N) is 1. The fraction of sp³-hybridized carbons (Fsp3) is 0.571. The van der Waals surface area contributed by atoms with Gasteiger partial charge in [0, 0.05) is 23.9 Å². The molecule has 0 spiro atoms. The first kappa shape index (κ1) is 14.7. The number of rotatable bonds is 3. The number of hydrogen-bond donors (Lipinski definition) is 1. The van der Waals surface area contributed by atoms with Crippen molar-refractivity contribution in [3.8, 4) is 0 Å². The van der Waals surface area contributed by atoms with Crippen molar-refractivity contribution in [1.82, 2.24) is 0 Å². The van der Waals surface area contributed by atoms with E-state index in [2.05, 4.69) is 0 Å². The van der Waals surface area contributed by atoms with Gasteiger partial charge in [-0.3, -0.25) is 0 Å². The summed E-state index contributed by atoms with van der Waals surface area (Å²) in [6.45, 7) is 0. The number of halogens is 4. The maximum Gasteiger partial charge on any atom is 0.248 e. The standard InChI is InChI=1S/C14H17ClF3N/c15-11-1-2-12(16)10(7-11)8-13(19)9-3-5-14(17,18)6-4-9/h1-2,7,9,13H,3-6,8,19H2. The highest BCUT2D eigenvalue weighted by Gasteiger charge is 2.36. The van der Waals surface area contributed by atoms with Crippen molar-refractivity contribution in [3.05, 3.63) is 34.6 Å². The molecule has 1 aliphatic carbocycles. The van der Waals surface area contributed by atoms with Crippen LogP contribution in [0.2, 0.25) is 5.02 Å². The van der Waals surface area contributed by atoms with Crippen LogP contribution >= 0.6 is 11.6 Å². The first-order valence-electron chi connectivity index (χ1n) is 6.45. The molecule has 1 aromatic rings. The normalized spacial score (nSPS) is 21.3.